The van der Waals surface area contributed by atoms with Crippen LogP contribution in [0.25, 0.3) is 4.96 Å². The van der Waals surface area contributed by atoms with E-state index in [1.807, 2.05) is 25.2 Å². The molecule has 0 saturated carbocycles. The van der Waals surface area contributed by atoms with Crippen LogP contribution in [0.2, 0.25) is 0 Å². The molecule has 2 rings (SSSR count). The molecule has 0 aliphatic carbocycles. The van der Waals surface area contributed by atoms with Gasteiger partial charge in [0.1, 0.15) is 0 Å². The Morgan fingerprint density at radius 2 is 2.00 bits per heavy atom. The Bertz CT molecular complexity index is 481. The van der Waals surface area contributed by atoms with Crippen LogP contribution in [0.4, 0.5) is 0 Å². The highest BCUT2D eigenvalue weighted by Crippen LogP contribution is 2.23. The lowest BCUT2D eigenvalue weighted by atomic mass is 10.3. The quantitative estimate of drug-likeness (QED) is 0.652. The van der Waals surface area contributed by atoms with Crippen molar-refractivity contribution in [2.24, 2.45) is 0 Å². The van der Waals surface area contributed by atoms with Gasteiger partial charge in [0.25, 0.3) is 0 Å². The molecular weight excluding hydrogens is 184 g/mol. The molecular formula is C9H10N2OS. The molecule has 0 aliphatic heterocycles. The van der Waals surface area contributed by atoms with Crippen molar-refractivity contribution in [2.45, 2.75) is 20.8 Å². The van der Waals surface area contributed by atoms with E-state index in [1.165, 1.54) is 11.3 Å². The fraction of sp³-hybridized carbons (Fsp3) is 0.333. The molecule has 2 heterocycles. The molecule has 68 valence electrons. The molecule has 0 aromatic carbocycles. The summed E-state index contributed by atoms with van der Waals surface area (Å²) in [6.07, 6.45) is 0.892. The fourth-order valence-corrected chi connectivity index (χ4v) is 2.47. The van der Waals surface area contributed by atoms with Gasteiger partial charge in [0.15, 0.2) is 11.2 Å². The molecule has 13 heavy (non-hydrogen) atoms. The maximum absolute atomic E-state index is 10.7. The van der Waals surface area contributed by atoms with Gasteiger partial charge in [0.05, 0.1) is 10.6 Å². The van der Waals surface area contributed by atoms with Gasteiger partial charge >= 0.3 is 0 Å². The third kappa shape index (κ3) is 1.02. The molecule has 2 aromatic heterocycles. The lowest BCUT2D eigenvalue weighted by molar-refractivity contribution is 0.112. The fourth-order valence-electron chi connectivity index (χ4n) is 1.43. The number of thiazole rings is 1. The van der Waals surface area contributed by atoms with Crippen molar-refractivity contribution in [3.05, 3.63) is 22.0 Å². The standard InChI is InChI=1S/C9H10N2OS/c1-5-6(2)11-7(3)8(4-12)13-9(11)10-5/h4H,1-3H3. The lowest BCUT2D eigenvalue weighted by Gasteiger charge is -1.94. The van der Waals surface area contributed by atoms with Gasteiger partial charge in [-0.1, -0.05) is 11.3 Å². The third-order valence-electron chi connectivity index (χ3n) is 2.31. The highest BCUT2D eigenvalue weighted by atomic mass is 32.1. The normalized spacial score (nSPS) is 11.0. The first kappa shape index (κ1) is 8.44. The van der Waals surface area contributed by atoms with E-state index in [2.05, 4.69) is 4.98 Å². The monoisotopic (exact) mass is 194 g/mol. The minimum atomic E-state index is 0.769. The predicted octanol–water partition coefficient (Wildman–Crippen LogP) is 2.13. The van der Waals surface area contributed by atoms with Gasteiger partial charge in [0, 0.05) is 11.4 Å². The Balaban J connectivity index is 2.89. The van der Waals surface area contributed by atoms with Crippen molar-refractivity contribution < 1.29 is 4.79 Å². The van der Waals surface area contributed by atoms with Crippen LogP contribution in [0.1, 0.15) is 26.8 Å². The lowest BCUT2D eigenvalue weighted by Crippen LogP contribution is -1.90. The molecule has 0 spiro atoms. The number of imidazole rings is 1. The van der Waals surface area contributed by atoms with Gasteiger partial charge in [-0.15, -0.1) is 0 Å². The summed E-state index contributed by atoms with van der Waals surface area (Å²) in [4.78, 5) is 16.7. The number of nitrogens with zero attached hydrogens (tertiary/aromatic N) is 2. The third-order valence-corrected chi connectivity index (χ3v) is 3.38. The van der Waals surface area contributed by atoms with Crippen LogP contribution in [0.15, 0.2) is 0 Å². The maximum atomic E-state index is 10.7. The Hall–Kier alpha value is -1.16. The molecule has 4 heteroatoms. The van der Waals surface area contributed by atoms with Gasteiger partial charge in [0.2, 0.25) is 0 Å². The summed E-state index contributed by atoms with van der Waals surface area (Å²) in [7, 11) is 0. The van der Waals surface area contributed by atoms with Crippen LogP contribution in [0.3, 0.4) is 0 Å². The summed E-state index contributed by atoms with van der Waals surface area (Å²) in [6, 6.07) is 0. The summed E-state index contributed by atoms with van der Waals surface area (Å²) in [5, 5.41) is 0. The maximum Gasteiger partial charge on any atom is 0.194 e. The van der Waals surface area contributed by atoms with Crippen molar-refractivity contribution in [3.8, 4) is 0 Å². The number of carbonyl (C=O) groups is 1. The highest BCUT2D eigenvalue weighted by Gasteiger charge is 2.12. The highest BCUT2D eigenvalue weighted by molar-refractivity contribution is 7.18. The summed E-state index contributed by atoms with van der Waals surface area (Å²) < 4.78 is 2.03. The smallest absolute Gasteiger partial charge is 0.194 e. The van der Waals surface area contributed by atoms with Crippen LogP contribution in [0.5, 0.6) is 0 Å². The topological polar surface area (TPSA) is 34.4 Å². The summed E-state index contributed by atoms with van der Waals surface area (Å²) in [5.74, 6) is 0. The zero-order valence-electron chi connectivity index (χ0n) is 7.79. The van der Waals surface area contributed by atoms with Crippen molar-refractivity contribution in [1.82, 2.24) is 9.38 Å². The molecule has 0 amide bonds. The van der Waals surface area contributed by atoms with Crippen LogP contribution >= 0.6 is 11.3 Å². The van der Waals surface area contributed by atoms with Crippen molar-refractivity contribution in [2.75, 3.05) is 0 Å². The summed E-state index contributed by atoms with van der Waals surface area (Å²) in [6.45, 7) is 5.94. The first-order valence-electron chi connectivity index (χ1n) is 4.05. The zero-order chi connectivity index (χ0) is 9.59. The summed E-state index contributed by atoms with van der Waals surface area (Å²) in [5.41, 5.74) is 3.15. The van der Waals surface area contributed by atoms with Crippen LogP contribution in [-0.4, -0.2) is 15.7 Å². The Labute approximate surface area is 80.0 Å². The van der Waals surface area contributed by atoms with Crippen LogP contribution in [-0.2, 0) is 0 Å². The van der Waals surface area contributed by atoms with Crippen LogP contribution < -0.4 is 0 Å². The number of carbonyl (C=O) groups excluding carboxylic acids is 1. The van der Waals surface area contributed by atoms with E-state index in [4.69, 9.17) is 0 Å². The number of aryl methyl sites for hydroxylation is 3. The first-order valence-corrected chi connectivity index (χ1v) is 4.87. The molecule has 2 aromatic rings. The van der Waals surface area contributed by atoms with E-state index in [0.717, 1.165) is 33.2 Å². The number of aromatic nitrogens is 2. The molecule has 0 fully saturated rings. The Morgan fingerprint density at radius 3 is 2.54 bits per heavy atom. The van der Waals surface area contributed by atoms with Crippen molar-refractivity contribution >= 4 is 22.6 Å². The van der Waals surface area contributed by atoms with Gasteiger partial charge < -0.3 is 0 Å². The minimum absolute atomic E-state index is 0.769. The Morgan fingerprint density at radius 1 is 1.31 bits per heavy atom. The van der Waals surface area contributed by atoms with Gasteiger partial charge in [-0.2, -0.15) is 0 Å². The predicted molar refractivity (Wildman–Crippen MR) is 52.7 cm³/mol. The van der Waals surface area contributed by atoms with E-state index in [1.54, 1.807) is 0 Å². The first-order chi connectivity index (χ1) is 6.15. The zero-order valence-corrected chi connectivity index (χ0v) is 8.60. The molecule has 0 N–H and O–H groups in total. The second-order valence-corrected chi connectivity index (χ2v) is 4.08. The number of rotatable bonds is 1. The second kappa shape index (κ2) is 2.67. The van der Waals surface area contributed by atoms with Crippen molar-refractivity contribution in [3.63, 3.8) is 0 Å². The molecule has 0 unspecified atom stereocenters. The number of hydrogen-bond donors (Lipinski definition) is 0. The molecule has 0 saturated heterocycles. The van der Waals surface area contributed by atoms with E-state index in [9.17, 15) is 4.79 Å². The average Bonchev–Trinajstić information content (AvgIpc) is 2.54. The molecule has 3 nitrogen and oxygen atoms in total. The molecule has 0 atom stereocenters. The van der Waals surface area contributed by atoms with Gasteiger partial charge in [-0.3, -0.25) is 9.20 Å². The van der Waals surface area contributed by atoms with E-state index < -0.39 is 0 Å². The average molecular weight is 194 g/mol. The second-order valence-electron chi connectivity index (χ2n) is 3.07. The van der Waals surface area contributed by atoms with Gasteiger partial charge in [-0.25, -0.2) is 4.98 Å². The summed E-state index contributed by atoms with van der Waals surface area (Å²) >= 11 is 1.44. The van der Waals surface area contributed by atoms with E-state index in [-0.39, 0.29) is 0 Å². The SMILES string of the molecule is Cc1nc2sc(C=O)c(C)n2c1C. The van der Waals surface area contributed by atoms with Gasteiger partial charge in [-0.05, 0) is 20.8 Å². The molecule has 0 bridgehead atoms. The minimum Gasteiger partial charge on any atom is -0.297 e. The van der Waals surface area contributed by atoms with Crippen molar-refractivity contribution in [1.29, 1.82) is 0 Å². The molecule has 0 radical (unpaired) electrons. The number of fused-ring (bicyclic) bond motifs is 1. The van der Waals surface area contributed by atoms with E-state index >= 15 is 0 Å². The number of aldehydes is 1. The largest absolute Gasteiger partial charge is 0.297 e. The van der Waals surface area contributed by atoms with Crippen LogP contribution in [0, 0.1) is 20.8 Å². The van der Waals surface area contributed by atoms with E-state index in [0.29, 0.717) is 0 Å². The molecule has 0 aliphatic rings. The number of hydrogen-bond acceptors (Lipinski definition) is 3. The Kier molecular flexibility index (Phi) is 1.73.